The van der Waals surface area contributed by atoms with Crippen molar-refractivity contribution in [3.63, 3.8) is 0 Å². The maximum absolute atomic E-state index is 10.8. The molecule has 0 fully saturated rings. The van der Waals surface area contributed by atoms with Gasteiger partial charge in [-0.25, -0.2) is 4.79 Å². The van der Waals surface area contributed by atoms with E-state index in [0.717, 1.165) is 19.3 Å². The van der Waals surface area contributed by atoms with Crippen molar-refractivity contribution in [1.29, 1.82) is 0 Å². The number of nitrogens with zero attached hydrogens (tertiary/aromatic N) is 1. The highest BCUT2D eigenvalue weighted by Gasteiger charge is 2.30. The van der Waals surface area contributed by atoms with Gasteiger partial charge in [-0.2, -0.15) is 0 Å². The fraction of sp³-hybridized carbons (Fsp3) is 0.467. The number of amides is 1. The Hall–Kier alpha value is -1.75. The van der Waals surface area contributed by atoms with Gasteiger partial charge in [0, 0.05) is 11.1 Å². The standard InChI is InChI=1S/C15H19ClN2O3/c1-15(2,17-14(19)20)8-11-4-3-9-7-10(13(16)18-21)5-6-12(9)11/h5-7,11,17,21H,3-4,8H2,1-2H3,(H,19,20)/b18-13-/t11-/m1/s1. The van der Waals surface area contributed by atoms with Gasteiger partial charge in [-0.3, -0.25) is 0 Å². The van der Waals surface area contributed by atoms with E-state index < -0.39 is 11.6 Å². The van der Waals surface area contributed by atoms with Crippen molar-refractivity contribution < 1.29 is 15.1 Å². The molecule has 0 spiro atoms. The average Bonchev–Trinajstić information content (AvgIpc) is 2.78. The SMILES string of the molecule is CC(C)(C[C@H]1CCc2cc(/C(Cl)=N/O)ccc21)NC(=O)O. The number of hydrogen-bond donors (Lipinski definition) is 3. The van der Waals surface area contributed by atoms with Crippen molar-refractivity contribution in [2.75, 3.05) is 0 Å². The number of carbonyl (C=O) groups is 1. The van der Waals surface area contributed by atoms with Gasteiger partial charge >= 0.3 is 6.09 Å². The molecule has 0 heterocycles. The Morgan fingerprint density at radius 3 is 2.86 bits per heavy atom. The van der Waals surface area contributed by atoms with Crippen LogP contribution >= 0.6 is 11.6 Å². The molecule has 0 radical (unpaired) electrons. The Morgan fingerprint density at radius 2 is 2.24 bits per heavy atom. The van der Waals surface area contributed by atoms with E-state index in [1.165, 1.54) is 11.1 Å². The Morgan fingerprint density at radius 1 is 1.52 bits per heavy atom. The molecule has 1 aliphatic rings. The molecule has 0 saturated carbocycles. The molecule has 0 aromatic heterocycles. The summed E-state index contributed by atoms with van der Waals surface area (Å²) in [6, 6.07) is 5.76. The number of rotatable bonds is 4. The molecular formula is C15H19ClN2O3. The van der Waals surface area contributed by atoms with Crippen molar-refractivity contribution in [2.45, 2.75) is 44.6 Å². The minimum Gasteiger partial charge on any atom is -0.465 e. The lowest BCUT2D eigenvalue weighted by Crippen LogP contribution is -2.43. The van der Waals surface area contributed by atoms with Crippen molar-refractivity contribution in [1.82, 2.24) is 5.32 Å². The van der Waals surface area contributed by atoms with Crippen LogP contribution < -0.4 is 5.32 Å². The molecule has 0 saturated heterocycles. The minimum absolute atomic E-state index is 0.0779. The lowest BCUT2D eigenvalue weighted by Gasteiger charge is -2.28. The maximum Gasteiger partial charge on any atom is 0.405 e. The molecule has 5 nitrogen and oxygen atoms in total. The van der Waals surface area contributed by atoms with Crippen molar-refractivity contribution in [2.24, 2.45) is 5.16 Å². The molecule has 1 aromatic carbocycles. The van der Waals surface area contributed by atoms with E-state index in [0.29, 0.717) is 11.5 Å². The normalized spacial score (nSPS) is 18.4. The number of fused-ring (bicyclic) bond motifs is 1. The number of halogens is 1. The zero-order chi connectivity index (χ0) is 15.6. The van der Waals surface area contributed by atoms with Gasteiger partial charge in [0.15, 0.2) is 5.17 Å². The number of hydrogen-bond acceptors (Lipinski definition) is 3. The Kier molecular flexibility index (Phi) is 4.42. The predicted octanol–water partition coefficient (Wildman–Crippen LogP) is 3.53. The largest absolute Gasteiger partial charge is 0.465 e. The van der Waals surface area contributed by atoms with Gasteiger partial charge in [0.2, 0.25) is 0 Å². The number of nitrogens with one attached hydrogen (secondary N) is 1. The van der Waals surface area contributed by atoms with Crippen LogP contribution in [0.5, 0.6) is 0 Å². The smallest absolute Gasteiger partial charge is 0.405 e. The summed E-state index contributed by atoms with van der Waals surface area (Å²) in [4.78, 5) is 10.8. The second-order valence-corrected chi connectivity index (χ2v) is 6.42. The van der Waals surface area contributed by atoms with Crippen molar-refractivity contribution >= 4 is 22.9 Å². The molecule has 2 rings (SSSR count). The first-order valence-corrected chi connectivity index (χ1v) is 7.22. The van der Waals surface area contributed by atoms with Gasteiger partial charge in [0.05, 0.1) is 0 Å². The third-order valence-corrected chi connectivity index (χ3v) is 4.17. The van der Waals surface area contributed by atoms with E-state index in [2.05, 4.69) is 10.5 Å². The predicted molar refractivity (Wildman–Crippen MR) is 81.5 cm³/mol. The van der Waals surface area contributed by atoms with E-state index in [9.17, 15) is 4.79 Å². The van der Waals surface area contributed by atoms with Crippen LogP contribution in [-0.2, 0) is 6.42 Å². The van der Waals surface area contributed by atoms with Gasteiger partial charge in [-0.15, -0.1) is 0 Å². The Balaban J connectivity index is 2.17. The topological polar surface area (TPSA) is 81.9 Å². The number of carboxylic acid groups (broad SMARTS) is 1. The maximum atomic E-state index is 10.8. The van der Waals surface area contributed by atoms with E-state index in [4.69, 9.17) is 21.9 Å². The third kappa shape index (κ3) is 3.67. The van der Waals surface area contributed by atoms with Crippen LogP contribution in [0.2, 0.25) is 0 Å². The minimum atomic E-state index is -1.00. The fourth-order valence-corrected chi connectivity index (χ4v) is 3.18. The van der Waals surface area contributed by atoms with Gasteiger partial charge in [-0.1, -0.05) is 28.9 Å². The molecular weight excluding hydrogens is 292 g/mol. The van der Waals surface area contributed by atoms with Crippen LogP contribution in [0.25, 0.3) is 0 Å². The van der Waals surface area contributed by atoms with E-state index in [-0.39, 0.29) is 5.17 Å². The molecule has 21 heavy (non-hydrogen) atoms. The van der Waals surface area contributed by atoms with Crippen LogP contribution in [0.15, 0.2) is 23.4 Å². The lowest BCUT2D eigenvalue weighted by molar-refractivity contribution is 0.179. The Bertz CT molecular complexity index is 584. The van der Waals surface area contributed by atoms with E-state index in [1.54, 1.807) is 0 Å². The highest BCUT2D eigenvalue weighted by Crippen LogP contribution is 2.38. The first-order chi connectivity index (χ1) is 9.82. The summed E-state index contributed by atoms with van der Waals surface area (Å²) in [7, 11) is 0. The monoisotopic (exact) mass is 310 g/mol. The second-order valence-electron chi connectivity index (χ2n) is 6.06. The number of aryl methyl sites for hydroxylation is 1. The van der Waals surface area contributed by atoms with E-state index in [1.807, 2.05) is 32.0 Å². The molecule has 0 bridgehead atoms. The molecule has 1 amide bonds. The number of oxime groups is 1. The molecule has 0 unspecified atom stereocenters. The highest BCUT2D eigenvalue weighted by molar-refractivity contribution is 6.69. The van der Waals surface area contributed by atoms with Crippen molar-refractivity contribution in [3.8, 4) is 0 Å². The third-order valence-electron chi connectivity index (χ3n) is 3.87. The second kappa shape index (κ2) is 5.93. The van der Waals surface area contributed by atoms with Gasteiger partial charge < -0.3 is 15.6 Å². The van der Waals surface area contributed by atoms with Gasteiger partial charge in [0.25, 0.3) is 0 Å². The summed E-state index contributed by atoms with van der Waals surface area (Å²) in [5, 5.41) is 23.2. The van der Waals surface area contributed by atoms with Gasteiger partial charge in [0.1, 0.15) is 0 Å². The molecule has 6 heteroatoms. The highest BCUT2D eigenvalue weighted by atomic mass is 35.5. The van der Waals surface area contributed by atoms with Crippen LogP contribution in [0.1, 0.15) is 49.3 Å². The summed E-state index contributed by atoms with van der Waals surface area (Å²) >= 11 is 5.82. The van der Waals surface area contributed by atoms with Gasteiger partial charge in [-0.05, 0) is 56.2 Å². The first kappa shape index (κ1) is 15.6. The van der Waals surface area contributed by atoms with Crippen LogP contribution in [0.4, 0.5) is 4.79 Å². The molecule has 0 aliphatic heterocycles. The summed E-state index contributed by atoms with van der Waals surface area (Å²) in [5.74, 6) is 0.320. The summed E-state index contributed by atoms with van der Waals surface area (Å²) < 4.78 is 0. The quantitative estimate of drug-likeness (QED) is 0.452. The molecule has 1 aliphatic carbocycles. The lowest BCUT2D eigenvalue weighted by atomic mass is 9.87. The molecule has 1 aromatic rings. The summed E-state index contributed by atoms with van der Waals surface area (Å²) in [5.41, 5.74) is 2.63. The molecule has 1 atom stereocenters. The average molecular weight is 311 g/mol. The van der Waals surface area contributed by atoms with E-state index >= 15 is 0 Å². The van der Waals surface area contributed by atoms with Crippen LogP contribution in [0.3, 0.4) is 0 Å². The van der Waals surface area contributed by atoms with Crippen LogP contribution in [-0.4, -0.2) is 27.1 Å². The summed E-state index contributed by atoms with van der Waals surface area (Å²) in [6.45, 7) is 3.78. The molecule has 114 valence electrons. The summed E-state index contributed by atoms with van der Waals surface area (Å²) in [6.07, 6.45) is 1.65. The number of benzene rings is 1. The molecule has 3 N–H and O–H groups in total. The first-order valence-electron chi connectivity index (χ1n) is 6.84. The zero-order valence-electron chi connectivity index (χ0n) is 12.1. The fourth-order valence-electron chi connectivity index (χ4n) is 3.06. The van der Waals surface area contributed by atoms with Crippen molar-refractivity contribution in [3.05, 3.63) is 34.9 Å². The zero-order valence-corrected chi connectivity index (χ0v) is 12.8. The Labute approximate surface area is 128 Å². The van der Waals surface area contributed by atoms with Crippen LogP contribution in [0, 0.1) is 0 Å².